The summed E-state index contributed by atoms with van der Waals surface area (Å²) in [6.07, 6.45) is 0. The van der Waals surface area contributed by atoms with Gasteiger partial charge >= 0.3 is 0 Å². The zero-order chi connectivity index (χ0) is 20.3. The monoisotopic (exact) mass is 413 g/mol. The molecular weight excluding hydrogens is 398 g/mol. The number of hydrogen-bond acceptors (Lipinski definition) is 6. The van der Waals surface area contributed by atoms with Crippen LogP contribution in [0, 0.1) is 0 Å². The summed E-state index contributed by atoms with van der Waals surface area (Å²) in [6.45, 7) is 0. The molecule has 2 N–H and O–H groups in total. The molecule has 2 aliphatic heterocycles. The van der Waals surface area contributed by atoms with Gasteiger partial charge in [0.1, 0.15) is 23.0 Å². The summed E-state index contributed by atoms with van der Waals surface area (Å²) in [7, 11) is 0. The second-order valence-corrected chi connectivity index (χ2v) is 8.11. The highest BCUT2D eigenvalue weighted by molar-refractivity contribution is 7.12. The van der Waals surface area contributed by atoms with E-state index in [0.717, 1.165) is 27.3 Å². The Morgan fingerprint density at radius 2 is 1.47 bits per heavy atom. The van der Waals surface area contributed by atoms with E-state index in [0.29, 0.717) is 17.4 Å². The third kappa shape index (κ3) is 2.31. The molecule has 0 aliphatic carbocycles. The van der Waals surface area contributed by atoms with Crippen molar-refractivity contribution in [3.8, 4) is 23.0 Å². The van der Waals surface area contributed by atoms with Gasteiger partial charge in [0.25, 0.3) is 0 Å². The van der Waals surface area contributed by atoms with Gasteiger partial charge in [-0.25, -0.2) is 4.99 Å². The minimum Gasteiger partial charge on any atom is -0.508 e. The number of aromatic hydroxyl groups is 2. The van der Waals surface area contributed by atoms with Crippen LogP contribution < -0.4 is 4.74 Å². The number of nitrogens with zero attached hydrogens (tertiary/aromatic N) is 1. The van der Waals surface area contributed by atoms with E-state index in [-0.39, 0.29) is 11.5 Å². The Morgan fingerprint density at radius 1 is 0.767 bits per heavy atom. The number of phenolic OH excluding ortho intramolecular Hbond substituents is 2. The van der Waals surface area contributed by atoms with Crippen molar-refractivity contribution in [2.75, 3.05) is 0 Å². The average molecular weight is 413 g/mol. The van der Waals surface area contributed by atoms with E-state index in [2.05, 4.69) is 0 Å². The molecule has 30 heavy (non-hydrogen) atoms. The zero-order valence-electron chi connectivity index (χ0n) is 15.6. The number of aliphatic imine (C=N–C) groups is 1. The van der Waals surface area contributed by atoms with Crippen LogP contribution in [0.15, 0.2) is 83.2 Å². The van der Waals surface area contributed by atoms with Crippen LogP contribution in [0.3, 0.4) is 0 Å². The van der Waals surface area contributed by atoms with Gasteiger partial charge in [-0.3, -0.25) is 0 Å². The summed E-state index contributed by atoms with van der Waals surface area (Å²) in [5.41, 5.74) is 2.14. The van der Waals surface area contributed by atoms with Gasteiger partial charge in [0, 0.05) is 28.8 Å². The van der Waals surface area contributed by atoms with Crippen molar-refractivity contribution in [1.29, 1.82) is 0 Å². The first-order valence-electron chi connectivity index (χ1n) is 9.41. The van der Waals surface area contributed by atoms with Crippen molar-refractivity contribution in [1.82, 2.24) is 0 Å². The van der Waals surface area contributed by atoms with Crippen molar-refractivity contribution in [2.24, 2.45) is 4.99 Å². The predicted molar refractivity (Wildman–Crippen MR) is 114 cm³/mol. The summed E-state index contributed by atoms with van der Waals surface area (Å²) in [4.78, 5) is 5.70. The summed E-state index contributed by atoms with van der Waals surface area (Å²) in [5, 5.41) is 22.1. The fraction of sp³-hybridized carbons (Fsp3) is 0.0417. The molecule has 0 saturated heterocycles. The van der Waals surface area contributed by atoms with Crippen LogP contribution in [0.1, 0.15) is 21.6 Å². The fourth-order valence-corrected chi connectivity index (χ4v) is 4.79. The first-order chi connectivity index (χ1) is 14.6. The Hall–Kier alpha value is -3.77. The van der Waals surface area contributed by atoms with Crippen molar-refractivity contribution >= 4 is 22.9 Å². The number of thiophene rings is 1. The van der Waals surface area contributed by atoms with E-state index in [1.54, 1.807) is 35.6 Å². The zero-order valence-corrected chi connectivity index (χ0v) is 16.4. The highest BCUT2D eigenvalue weighted by Crippen LogP contribution is 2.57. The van der Waals surface area contributed by atoms with E-state index in [4.69, 9.17) is 14.5 Å². The van der Waals surface area contributed by atoms with Gasteiger partial charge < -0.3 is 19.7 Å². The summed E-state index contributed by atoms with van der Waals surface area (Å²) in [5.74, 6) is 1.63. The minimum atomic E-state index is -1.04. The van der Waals surface area contributed by atoms with Crippen molar-refractivity contribution < 1.29 is 19.7 Å². The van der Waals surface area contributed by atoms with Crippen LogP contribution in [0.2, 0.25) is 0 Å². The number of para-hydroxylation sites is 1. The molecule has 0 fully saturated rings. The van der Waals surface area contributed by atoms with Crippen LogP contribution in [0.4, 0.5) is 5.69 Å². The molecule has 5 nitrogen and oxygen atoms in total. The molecule has 1 aromatic heterocycles. The van der Waals surface area contributed by atoms with Gasteiger partial charge in [0.15, 0.2) is 5.60 Å². The molecule has 0 amide bonds. The molecular formula is C24H15NO4S. The Balaban J connectivity index is 1.72. The van der Waals surface area contributed by atoms with Gasteiger partial charge in [-0.2, -0.15) is 0 Å². The number of hydrogen-bond donors (Lipinski definition) is 2. The van der Waals surface area contributed by atoms with Crippen LogP contribution >= 0.6 is 11.3 Å². The lowest BCUT2D eigenvalue weighted by Gasteiger charge is -2.42. The average Bonchev–Trinajstić information content (AvgIpc) is 3.28. The predicted octanol–water partition coefficient (Wildman–Crippen LogP) is 5.67. The minimum absolute atomic E-state index is 0.0868. The van der Waals surface area contributed by atoms with Crippen molar-refractivity contribution in [3.05, 3.63) is 99.7 Å². The van der Waals surface area contributed by atoms with E-state index >= 15 is 0 Å². The topological polar surface area (TPSA) is 71.3 Å². The molecule has 6 heteroatoms. The van der Waals surface area contributed by atoms with Crippen LogP contribution in [-0.4, -0.2) is 16.1 Å². The highest BCUT2D eigenvalue weighted by atomic mass is 32.1. The maximum atomic E-state index is 10.1. The summed E-state index contributed by atoms with van der Waals surface area (Å²) < 4.78 is 12.8. The lowest BCUT2D eigenvalue weighted by atomic mass is 9.76. The molecule has 0 atom stereocenters. The second-order valence-electron chi connectivity index (χ2n) is 7.16. The molecule has 0 radical (unpaired) electrons. The van der Waals surface area contributed by atoms with Crippen molar-refractivity contribution in [2.45, 2.75) is 5.60 Å². The summed E-state index contributed by atoms with van der Waals surface area (Å²) in [6, 6.07) is 21.8. The smallest absolute Gasteiger partial charge is 0.233 e. The molecule has 0 saturated carbocycles. The number of phenols is 2. The molecule has 146 valence electrons. The molecule has 1 spiro atoms. The Bertz CT molecular complexity index is 1280. The third-order valence-electron chi connectivity index (χ3n) is 5.40. The number of ether oxygens (including phenoxy) is 2. The molecule has 2 aliphatic rings. The summed E-state index contributed by atoms with van der Waals surface area (Å²) >= 11 is 1.55. The number of fused-ring (bicyclic) bond motifs is 6. The molecule has 4 aromatic rings. The van der Waals surface area contributed by atoms with Crippen LogP contribution in [-0.2, 0) is 10.3 Å². The quantitative estimate of drug-likeness (QED) is 0.422. The standard InChI is InChI=1S/C24H15NO4S/c26-14-7-9-17-20(12-14)28-21-13-15(27)8-10-18(21)24(17)16-4-1-2-5-19(16)25-23(29-24)22-6-3-11-30-22/h1-13,26-27H. The van der Waals surface area contributed by atoms with Gasteiger partial charge in [0.05, 0.1) is 10.6 Å². The normalized spacial score (nSPS) is 15.3. The SMILES string of the molecule is Oc1ccc2c(c1)Oc1cc(O)ccc1C21OC(c2cccs2)=Nc2ccccc21. The Morgan fingerprint density at radius 3 is 2.13 bits per heavy atom. The van der Waals surface area contributed by atoms with Gasteiger partial charge in [-0.05, 0) is 41.8 Å². The first-order valence-corrected chi connectivity index (χ1v) is 10.3. The maximum Gasteiger partial charge on any atom is 0.233 e. The van der Waals surface area contributed by atoms with E-state index in [9.17, 15) is 10.2 Å². The lowest BCUT2D eigenvalue weighted by molar-refractivity contribution is 0.124. The second kappa shape index (κ2) is 6.11. The molecule has 3 heterocycles. The number of rotatable bonds is 1. The van der Waals surface area contributed by atoms with Gasteiger partial charge in [-0.1, -0.05) is 24.3 Å². The van der Waals surface area contributed by atoms with Crippen LogP contribution in [0.5, 0.6) is 23.0 Å². The van der Waals surface area contributed by atoms with Crippen molar-refractivity contribution in [3.63, 3.8) is 0 Å². The molecule has 3 aromatic carbocycles. The highest BCUT2D eigenvalue weighted by Gasteiger charge is 2.50. The maximum absolute atomic E-state index is 10.1. The number of benzene rings is 3. The third-order valence-corrected chi connectivity index (χ3v) is 6.25. The van der Waals surface area contributed by atoms with E-state index < -0.39 is 5.60 Å². The Kier molecular flexibility index (Phi) is 3.49. The van der Waals surface area contributed by atoms with E-state index in [1.807, 2.05) is 53.9 Å². The van der Waals surface area contributed by atoms with Gasteiger partial charge in [0.2, 0.25) is 5.90 Å². The van der Waals surface area contributed by atoms with Gasteiger partial charge in [-0.15, -0.1) is 11.3 Å². The fourth-order valence-electron chi connectivity index (χ4n) is 4.14. The molecule has 6 rings (SSSR count). The Labute approximate surface area is 176 Å². The lowest BCUT2D eigenvalue weighted by Crippen LogP contribution is -2.39. The molecule has 0 unspecified atom stereocenters. The van der Waals surface area contributed by atoms with Crippen LogP contribution in [0.25, 0.3) is 0 Å². The first kappa shape index (κ1) is 17.1. The van der Waals surface area contributed by atoms with E-state index in [1.165, 1.54) is 0 Å². The largest absolute Gasteiger partial charge is 0.508 e. The molecule has 0 bridgehead atoms.